The summed E-state index contributed by atoms with van der Waals surface area (Å²) in [7, 11) is 0. The molecular formula is C13H16N4O2. The van der Waals surface area contributed by atoms with Gasteiger partial charge in [0.2, 0.25) is 0 Å². The first-order valence-electron chi connectivity index (χ1n) is 6.31. The molecular weight excluding hydrogens is 244 g/mol. The van der Waals surface area contributed by atoms with Crippen molar-refractivity contribution in [2.24, 2.45) is 0 Å². The molecule has 1 heterocycles. The van der Waals surface area contributed by atoms with Crippen LogP contribution in [0.15, 0.2) is 30.5 Å². The minimum absolute atomic E-state index is 0.103. The van der Waals surface area contributed by atoms with Crippen LogP contribution in [0.5, 0.6) is 0 Å². The summed E-state index contributed by atoms with van der Waals surface area (Å²) in [6.07, 6.45) is 5.11. The average Bonchev–Trinajstić information content (AvgIpc) is 2.84. The van der Waals surface area contributed by atoms with Gasteiger partial charge in [-0.25, -0.2) is 4.68 Å². The smallest absolute Gasteiger partial charge is 0.258 e. The van der Waals surface area contributed by atoms with Crippen LogP contribution in [0.4, 0.5) is 5.69 Å². The minimum atomic E-state index is -0.401. The first-order chi connectivity index (χ1) is 9.19. The molecule has 0 spiro atoms. The van der Waals surface area contributed by atoms with Crippen molar-refractivity contribution in [1.82, 2.24) is 15.0 Å². The maximum Gasteiger partial charge on any atom is 0.269 e. The topological polar surface area (TPSA) is 73.8 Å². The number of aromatic nitrogens is 3. The average molecular weight is 260 g/mol. The highest BCUT2D eigenvalue weighted by Gasteiger charge is 2.05. The highest BCUT2D eigenvalue weighted by molar-refractivity contribution is 5.32. The van der Waals surface area contributed by atoms with Crippen molar-refractivity contribution in [3.05, 3.63) is 51.8 Å². The molecule has 0 aliphatic rings. The van der Waals surface area contributed by atoms with Crippen molar-refractivity contribution >= 4 is 5.69 Å². The van der Waals surface area contributed by atoms with Gasteiger partial charge >= 0.3 is 0 Å². The molecule has 0 N–H and O–H groups in total. The van der Waals surface area contributed by atoms with Gasteiger partial charge in [-0.15, -0.1) is 5.10 Å². The van der Waals surface area contributed by atoms with Gasteiger partial charge in [0.25, 0.3) is 5.69 Å². The summed E-state index contributed by atoms with van der Waals surface area (Å²) < 4.78 is 1.76. The molecule has 19 heavy (non-hydrogen) atoms. The van der Waals surface area contributed by atoms with Crippen molar-refractivity contribution < 1.29 is 4.92 Å². The Morgan fingerprint density at radius 2 is 2.05 bits per heavy atom. The van der Waals surface area contributed by atoms with E-state index in [4.69, 9.17) is 0 Å². The van der Waals surface area contributed by atoms with Crippen molar-refractivity contribution in [3.8, 4) is 0 Å². The van der Waals surface area contributed by atoms with Crippen molar-refractivity contribution in [3.63, 3.8) is 0 Å². The lowest BCUT2D eigenvalue weighted by Crippen LogP contribution is -2.00. The van der Waals surface area contributed by atoms with Crippen LogP contribution in [0.2, 0.25) is 0 Å². The normalized spacial score (nSPS) is 10.6. The van der Waals surface area contributed by atoms with Gasteiger partial charge in [0.1, 0.15) is 0 Å². The minimum Gasteiger partial charge on any atom is -0.258 e. The maximum absolute atomic E-state index is 10.6. The molecule has 2 aromatic rings. The van der Waals surface area contributed by atoms with Gasteiger partial charge in [-0.05, 0) is 18.4 Å². The number of nitro groups is 1. The molecule has 0 amide bonds. The molecule has 0 bridgehead atoms. The Balaban J connectivity index is 2.00. The van der Waals surface area contributed by atoms with Gasteiger partial charge in [0.15, 0.2) is 0 Å². The Morgan fingerprint density at radius 3 is 2.68 bits per heavy atom. The van der Waals surface area contributed by atoms with Gasteiger partial charge < -0.3 is 0 Å². The second-order valence-electron chi connectivity index (χ2n) is 4.43. The molecule has 0 atom stereocenters. The van der Waals surface area contributed by atoms with Crippen LogP contribution in [0.25, 0.3) is 0 Å². The summed E-state index contributed by atoms with van der Waals surface area (Å²) in [6, 6.07) is 6.49. The standard InChI is InChI=1S/C13H16N4O2/c1-2-3-4-12-10-16(15-14-12)9-11-5-7-13(8-6-11)17(18)19/h5-8,10H,2-4,9H2,1H3. The van der Waals surface area contributed by atoms with E-state index in [1.807, 2.05) is 6.20 Å². The fourth-order valence-corrected chi connectivity index (χ4v) is 1.80. The molecule has 0 aliphatic heterocycles. The summed E-state index contributed by atoms with van der Waals surface area (Å²) in [5.74, 6) is 0. The molecule has 100 valence electrons. The van der Waals surface area contributed by atoms with E-state index in [0.717, 1.165) is 30.5 Å². The molecule has 2 rings (SSSR count). The predicted molar refractivity (Wildman–Crippen MR) is 70.8 cm³/mol. The van der Waals surface area contributed by atoms with E-state index in [1.54, 1.807) is 16.8 Å². The Morgan fingerprint density at radius 1 is 1.32 bits per heavy atom. The van der Waals surface area contributed by atoms with Gasteiger partial charge in [-0.1, -0.05) is 30.7 Å². The Labute approximate surface area is 111 Å². The van der Waals surface area contributed by atoms with Gasteiger partial charge in [0, 0.05) is 18.3 Å². The summed E-state index contributed by atoms with van der Waals surface area (Å²) in [5, 5.41) is 18.7. The van der Waals surface area contributed by atoms with Crippen molar-refractivity contribution in [1.29, 1.82) is 0 Å². The number of hydrogen-bond donors (Lipinski definition) is 0. The van der Waals surface area contributed by atoms with E-state index in [-0.39, 0.29) is 5.69 Å². The molecule has 0 saturated carbocycles. The number of hydrogen-bond acceptors (Lipinski definition) is 4. The van der Waals surface area contributed by atoms with E-state index < -0.39 is 4.92 Å². The first kappa shape index (κ1) is 13.2. The van der Waals surface area contributed by atoms with Crippen LogP contribution in [0, 0.1) is 10.1 Å². The molecule has 0 saturated heterocycles. The number of unbranched alkanes of at least 4 members (excludes halogenated alkanes) is 1. The van der Waals surface area contributed by atoms with Crippen LogP contribution in [-0.4, -0.2) is 19.9 Å². The second kappa shape index (κ2) is 6.08. The van der Waals surface area contributed by atoms with Crippen molar-refractivity contribution in [2.75, 3.05) is 0 Å². The van der Waals surface area contributed by atoms with E-state index in [2.05, 4.69) is 17.2 Å². The summed E-state index contributed by atoms with van der Waals surface area (Å²) in [4.78, 5) is 10.2. The molecule has 1 aromatic carbocycles. The van der Waals surface area contributed by atoms with Crippen LogP contribution < -0.4 is 0 Å². The van der Waals surface area contributed by atoms with Gasteiger partial charge in [-0.3, -0.25) is 10.1 Å². The number of aryl methyl sites for hydroxylation is 1. The van der Waals surface area contributed by atoms with Crippen LogP contribution in [-0.2, 0) is 13.0 Å². The summed E-state index contributed by atoms with van der Waals surface area (Å²) in [5.41, 5.74) is 2.06. The first-order valence-corrected chi connectivity index (χ1v) is 6.31. The fourth-order valence-electron chi connectivity index (χ4n) is 1.80. The zero-order valence-electron chi connectivity index (χ0n) is 10.8. The lowest BCUT2D eigenvalue weighted by atomic mass is 10.2. The molecule has 6 nitrogen and oxygen atoms in total. The largest absolute Gasteiger partial charge is 0.269 e. The lowest BCUT2D eigenvalue weighted by molar-refractivity contribution is -0.384. The number of nitro benzene ring substituents is 1. The fraction of sp³-hybridized carbons (Fsp3) is 0.385. The monoisotopic (exact) mass is 260 g/mol. The van der Waals surface area contributed by atoms with E-state index in [9.17, 15) is 10.1 Å². The van der Waals surface area contributed by atoms with Crippen LogP contribution in [0.3, 0.4) is 0 Å². The Hall–Kier alpha value is -2.24. The third-order valence-corrected chi connectivity index (χ3v) is 2.86. The number of benzene rings is 1. The van der Waals surface area contributed by atoms with Gasteiger partial charge in [-0.2, -0.15) is 0 Å². The number of rotatable bonds is 6. The molecule has 0 aliphatic carbocycles. The summed E-state index contributed by atoms with van der Waals surface area (Å²) >= 11 is 0. The number of non-ortho nitro benzene ring substituents is 1. The van der Waals surface area contributed by atoms with E-state index in [1.165, 1.54) is 12.1 Å². The second-order valence-corrected chi connectivity index (χ2v) is 4.43. The zero-order valence-corrected chi connectivity index (χ0v) is 10.8. The van der Waals surface area contributed by atoms with E-state index in [0.29, 0.717) is 6.54 Å². The Kier molecular flexibility index (Phi) is 4.22. The lowest BCUT2D eigenvalue weighted by Gasteiger charge is -2.00. The van der Waals surface area contributed by atoms with Crippen LogP contribution in [0.1, 0.15) is 31.0 Å². The number of nitrogens with zero attached hydrogens (tertiary/aromatic N) is 4. The zero-order chi connectivity index (χ0) is 13.7. The predicted octanol–water partition coefficient (Wildman–Crippen LogP) is 2.58. The van der Waals surface area contributed by atoms with E-state index >= 15 is 0 Å². The molecule has 1 aromatic heterocycles. The SMILES string of the molecule is CCCCc1cn(Cc2ccc([N+](=O)[O-])cc2)nn1. The highest BCUT2D eigenvalue weighted by atomic mass is 16.6. The van der Waals surface area contributed by atoms with Crippen LogP contribution >= 0.6 is 0 Å². The third-order valence-electron chi connectivity index (χ3n) is 2.86. The Bertz CT molecular complexity index is 548. The highest BCUT2D eigenvalue weighted by Crippen LogP contribution is 2.12. The summed E-state index contributed by atoms with van der Waals surface area (Å²) in [6.45, 7) is 2.72. The molecule has 0 fully saturated rings. The molecule has 0 radical (unpaired) electrons. The quantitative estimate of drug-likeness (QED) is 0.591. The third kappa shape index (κ3) is 3.61. The van der Waals surface area contributed by atoms with Crippen molar-refractivity contribution in [2.45, 2.75) is 32.7 Å². The molecule has 0 unspecified atom stereocenters. The maximum atomic E-state index is 10.6. The van der Waals surface area contributed by atoms with Gasteiger partial charge in [0.05, 0.1) is 17.2 Å². The molecule has 6 heteroatoms.